The summed E-state index contributed by atoms with van der Waals surface area (Å²) in [5.74, 6) is -2.08. The fraction of sp³-hybridized carbons (Fsp3) is 0.417. The molecule has 4 atom stereocenters. The second kappa shape index (κ2) is 12.0. The molecule has 2 unspecified atom stereocenters. The van der Waals surface area contributed by atoms with Crippen molar-refractivity contribution >= 4 is 40.0 Å². The van der Waals surface area contributed by atoms with E-state index in [4.69, 9.17) is 9.97 Å². The first kappa shape index (κ1) is 31.4. The number of aliphatic hydroxyl groups is 1. The van der Waals surface area contributed by atoms with Crippen molar-refractivity contribution in [1.82, 2.24) is 24.8 Å². The first-order chi connectivity index (χ1) is 22.0. The summed E-state index contributed by atoms with van der Waals surface area (Å²) in [6.45, 7) is 14.2. The van der Waals surface area contributed by atoms with Crippen LogP contribution in [-0.2, 0) is 4.79 Å². The number of imide groups is 1. The predicted octanol–water partition coefficient (Wildman–Crippen LogP) is 6.49. The van der Waals surface area contributed by atoms with Crippen LogP contribution in [0.25, 0.3) is 22.2 Å². The van der Waals surface area contributed by atoms with Gasteiger partial charge in [0.1, 0.15) is 0 Å². The van der Waals surface area contributed by atoms with Gasteiger partial charge in [0.25, 0.3) is 11.8 Å². The Morgan fingerprint density at radius 3 is 2.41 bits per heavy atom. The number of amides is 2. The molecule has 8 bridgehead atoms. The topological polar surface area (TPSA) is 152 Å². The Balaban J connectivity index is 1.78. The molecule has 2 aromatic rings. The summed E-state index contributed by atoms with van der Waals surface area (Å²) in [7, 11) is 0. The van der Waals surface area contributed by atoms with Crippen LogP contribution in [0.3, 0.4) is 0 Å². The van der Waals surface area contributed by atoms with Crippen molar-refractivity contribution in [1.29, 1.82) is 0 Å². The van der Waals surface area contributed by atoms with Gasteiger partial charge in [-0.1, -0.05) is 33.4 Å². The quantitative estimate of drug-likeness (QED) is 0.245. The summed E-state index contributed by atoms with van der Waals surface area (Å²) in [6.07, 6.45) is 3.11. The lowest BCUT2D eigenvalue weighted by Gasteiger charge is -2.26. The lowest BCUT2D eigenvalue weighted by atomic mass is 9.84. The molecule has 0 aliphatic carbocycles. The fourth-order valence-corrected chi connectivity index (χ4v) is 7.49. The first-order valence-electron chi connectivity index (χ1n) is 16.1. The molecule has 4 aliphatic rings. The molecular weight excluding hydrogens is 582 g/mol. The molecule has 4 aliphatic heterocycles. The predicted molar refractivity (Wildman–Crippen MR) is 176 cm³/mol. The van der Waals surface area contributed by atoms with Gasteiger partial charge in [0.2, 0.25) is 0 Å². The van der Waals surface area contributed by atoms with Gasteiger partial charge in [-0.25, -0.2) is 4.98 Å². The standard InChI is InChI=1S/C36H41N5O5/c1-7-21-17(3)24-14-26-19(5)23(10-11-30(43)44)33(39-26)32-34-31(35(45)41(36(32)46)12-9-13-42)20(6)27(40-34)16-29-22(8-2)18(4)25(38-29)15-28(21)37-24/h7,14-16,18-19,22-23,38,40,42H,1,8-13H2,2-6H3,(H,43,44)/t18?,19-,22?,23-/m0/s1. The molecule has 0 fully saturated rings. The van der Waals surface area contributed by atoms with Crippen molar-refractivity contribution in [3.8, 4) is 0 Å². The summed E-state index contributed by atoms with van der Waals surface area (Å²) < 4.78 is 0. The van der Waals surface area contributed by atoms with Crippen LogP contribution in [-0.4, -0.2) is 66.0 Å². The highest BCUT2D eigenvalue weighted by atomic mass is 16.4. The van der Waals surface area contributed by atoms with Crippen molar-refractivity contribution < 1.29 is 24.6 Å². The van der Waals surface area contributed by atoms with Gasteiger partial charge in [-0.2, -0.15) is 0 Å². The van der Waals surface area contributed by atoms with Crippen LogP contribution in [0.4, 0.5) is 0 Å². The third-order valence-electron chi connectivity index (χ3n) is 10.2. The number of allylic oxidation sites excluding steroid dienone is 3. The van der Waals surface area contributed by atoms with Gasteiger partial charge in [0.05, 0.1) is 33.7 Å². The molecule has 10 heteroatoms. The number of carbonyl (C=O) groups is 3. The second-order valence-electron chi connectivity index (χ2n) is 12.8. The summed E-state index contributed by atoms with van der Waals surface area (Å²) >= 11 is 0. The third-order valence-corrected chi connectivity index (χ3v) is 10.2. The number of carbonyl (C=O) groups excluding carboxylic acids is 2. The number of aromatic nitrogens is 4. The van der Waals surface area contributed by atoms with Gasteiger partial charge in [-0.3, -0.25) is 24.3 Å². The molecule has 46 heavy (non-hydrogen) atoms. The largest absolute Gasteiger partial charge is 0.481 e. The van der Waals surface area contributed by atoms with Crippen LogP contribution in [0, 0.1) is 6.92 Å². The second-order valence-corrected chi connectivity index (χ2v) is 12.8. The van der Waals surface area contributed by atoms with E-state index in [1.165, 1.54) is 4.90 Å². The zero-order valence-corrected chi connectivity index (χ0v) is 27.0. The molecule has 2 amide bonds. The van der Waals surface area contributed by atoms with Crippen molar-refractivity contribution in [2.75, 3.05) is 13.2 Å². The highest BCUT2D eigenvalue weighted by Gasteiger charge is 2.41. The Bertz CT molecular complexity index is 1900. The number of H-pyrrole nitrogens is 2. The summed E-state index contributed by atoms with van der Waals surface area (Å²) in [6, 6.07) is 6.06. The molecule has 240 valence electrons. The SMILES string of the molecule is C=CC1=C(C)c2cc3nc(c4c5[nH]c(cc6[nH]c(cc1n2)C(C)C6CC)c(C)c5C(=O)N(CCCO)C4=O)[C@@H](CCC(=O)O)[C@@H]3C. The highest BCUT2D eigenvalue weighted by molar-refractivity contribution is 6.23. The molecule has 0 aromatic carbocycles. The highest BCUT2D eigenvalue weighted by Crippen LogP contribution is 2.45. The minimum Gasteiger partial charge on any atom is -0.481 e. The molecule has 6 heterocycles. The van der Waals surface area contributed by atoms with Gasteiger partial charge in [0, 0.05) is 71.4 Å². The van der Waals surface area contributed by atoms with Gasteiger partial charge in [0.15, 0.2) is 0 Å². The van der Waals surface area contributed by atoms with E-state index < -0.39 is 17.8 Å². The normalized spacial score (nSPS) is 21.6. The van der Waals surface area contributed by atoms with Gasteiger partial charge >= 0.3 is 5.97 Å². The number of carboxylic acid groups (broad SMARTS) is 1. The Kier molecular flexibility index (Phi) is 8.18. The van der Waals surface area contributed by atoms with E-state index in [0.29, 0.717) is 28.0 Å². The van der Waals surface area contributed by atoms with Crippen LogP contribution in [0.1, 0.15) is 137 Å². The number of aryl methyl sites for hydroxylation is 1. The maximum Gasteiger partial charge on any atom is 0.303 e. The number of nitrogens with zero attached hydrogens (tertiary/aromatic N) is 3. The monoisotopic (exact) mass is 623 g/mol. The molecule has 0 radical (unpaired) electrons. The Labute approximate surface area is 268 Å². The number of hydrogen-bond donors (Lipinski definition) is 4. The van der Waals surface area contributed by atoms with E-state index in [0.717, 1.165) is 45.9 Å². The molecule has 6 rings (SSSR count). The summed E-state index contributed by atoms with van der Waals surface area (Å²) in [4.78, 5) is 58.4. The third kappa shape index (κ3) is 4.95. The summed E-state index contributed by atoms with van der Waals surface area (Å²) in [5, 5.41) is 19.2. The van der Waals surface area contributed by atoms with Crippen LogP contribution in [0.2, 0.25) is 0 Å². The average Bonchev–Trinajstić information content (AvgIpc) is 3.69. The number of aromatic amines is 2. The van der Waals surface area contributed by atoms with E-state index in [1.807, 2.05) is 39.0 Å². The molecule has 0 saturated heterocycles. The number of hydrogen-bond acceptors (Lipinski definition) is 6. The number of carboxylic acids is 1. The zero-order chi connectivity index (χ0) is 33.0. The van der Waals surface area contributed by atoms with Crippen LogP contribution in [0.5, 0.6) is 0 Å². The Hall–Kier alpha value is -4.57. The smallest absolute Gasteiger partial charge is 0.303 e. The number of nitrogens with one attached hydrogen (secondary N) is 2. The van der Waals surface area contributed by atoms with E-state index in [2.05, 4.69) is 36.5 Å². The maximum atomic E-state index is 14.3. The fourth-order valence-electron chi connectivity index (χ4n) is 7.49. The maximum absolute atomic E-state index is 14.3. The van der Waals surface area contributed by atoms with Crippen molar-refractivity contribution in [3.63, 3.8) is 0 Å². The van der Waals surface area contributed by atoms with Crippen LogP contribution < -0.4 is 0 Å². The van der Waals surface area contributed by atoms with E-state index in [9.17, 15) is 24.6 Å². The number of rotatable bonds is 8. The van der Waals surface area contributed by atoms with Gasteiger partial charge in [-0.15, -0.1) is 0 Å². The van der Waals surface area contributed by atoms with Crippen molar-refractivity contribution in [2.45, 2.75) is 84.0 Å². The summed E-state index contributed by atoms with van der Waals surface area (Å²) in [5.41, 5.74) is 9.16. The van der Waals surface area contributed by atoms with E-state index >= 15 is 0 Å². The Morgan fingerprint density at radius 2 is 1.74 bits per heavy atom. The number of aliphatic carboxylic acids is 1. The average molecular weight is 624 g/mol. The van der Waals surface area contributed by atoms with Crippen molar-refractivity contribution in [3.05, 3.63) is 81.7 Å². The van der Waals surface area contributed by atoms with Crippen LogP contribution >= 0.6 is 0 Å². The van der Waals surface area contributed by atoms with Gasteiger partial charge in [-0.05, 0) is 62.4 Å². The van der Waals surface area contributed by atoms with Crippen molar-refractivity contribution in [2.24, 2.45) is 0 Å². The molecule has 2 aromatic heterocycles. The molecular formula is C36H41N5O5. The van der Waals surface area contributed by atoms with E-state index in [-0.39, 0.29) is 61.6 Å². The number of fused-ring (bicyclic) bond motifs is 8. The van der Waals surface area contributed by atoms with Crippen LogP contribution in [0.15, 0.2) is 30.9 Å². The molecule has 0 saturated carbocycles. The molecule has 10 nitrogen and oxygen atoms in total. The van der Waals surface area contributed by atoms with E-state index in [1.54, 1.807) is 0 Å². The number of aliphatic hydroxyl groups excluding tert-OH is 1. The lowest BCUT2D eigenvalue weighted by molar-refractivity contribution is -0.137. The zero-order valence-electron chi connectivity index (χ0n) is 27.0. The van der Waals surface area contributed by atoms with Gasteiger partial charge < -0.3 is 20.2 Å². The molecule has 0 spiro atoms. The lowest BCUT2D eigenvalue weighted by Crippen LogP contribution is -2.41. The Morgan fingerprint density at radius 1 is 1.00 bits per heavy atom. The minimum atomic E-state index is -0.934. The minimum absolute atomic E-state index is 0.0539. The molecule has 4 N–H and O–H groups in total. The first-order valence-corrected chi connectivity index (χ1v) is 16.1.